The van der Waals surface area contributed by atoms with Crippen molar-refractivity contribution in [3.63, 3.8) is 0 Å². The summed E-state index contributed by atoms with van der Waals surface area (Å²) in [6.45, 7) is 7.78. The summed E-state index contributed by atoms with van der Waals surface area (Å²) in [4.78, 5) is 25.9. The van der Waals surface area contributed by atoms with Gasteiger partial charge in [0.15, 0.2) is 0 Å². The quantitative estimate of drug-likeness (QED) is 0.0352. The molecule has 0 amide bonds. The van der Waals surface area contributed by atoms with E-state index >= 15 is 0 Å². The topological polar surface area (TPSA) is 52.6 Å². The Balaban J connectivity index is 4.23. The van der Waals surface area contributed by atoms with Crippen molar-refractivity contribution in [3.8, 4) is 0 Å². The molecule has 0 aliphatic rings. The van der Waals surface area contributed by atoms with Crippen LogP contribution in [0.1, 0.15) is 278 Å². The molecule has 0 bridgehead atoms. The molecule has 0 radical (unpaired) electrons. The average Bonchev–Trinajstić information content (AvgIpc) is 3.17. The third-order valence-corrected chi connectivity index (χ3v) is 11.3. The minimum Gasteiger partial charge on any atom is -0.466 e. The molecule has 0 spiro atoms. The Morgan fingerprint density at radius 2 is 0.667 bits per heavy atom. The zero-order valence-electron chi connectivity index (χ0n) is 37.1. The van der Waals surface area contributed by atoms with Gasteiger partial charge in [-0.25, -0.2) is 0 Å². The van der Waals surface area contributed by atoms with E-state index in [0.717, 1.165) is 44.9 Å². The molecule has 0 aromatic heterocycles. The molecule has 0 aliphatic carbocycles. The highest BCUT2D eigenvalue weighted by Crippen LogP contribution is 2.20. The van der Waals surface area contributed by atoms with Gasteiger partial charge >= 0.3 is 11.9 Å². The summed E-state index contributed by atoms with van der Waals surface area (Å²) in [5.41, 5.74) is 0. The lowest BCUT2D eigenvalue weighted by Gasteiger charge is -2.16. The van der Waals surface area contributed by atoms with Gasteiger partial charge in [0.2, 0.25) is 0 Å². The maximum Gasteiger partial charge on any atom is 0.309 e. The fourth-order valence-corrected chi connectivity index (χ4v) is 7.56. The van der Waals surface area contributed by atoms with E-state index in [1.54, 1.807) is 0 Å². The Kier molecular flexibility index (Phi) is 44.9. The summed E-state index contributed by atoms with van der Waals surface area (Å²) in [7, 11) is 0. The smallest absolute Gasteiger partial charge is 0.309 e. The number of rotatable bonds is 45. The van der Waals surface area contributed by atoms with E-state index in [2.05, 4.69) is 32.9 Å². The van der Waals surface area contributed by atoms with Gasteiger partial charge in [-0.1, -0.05) is 238 Å². The van der Waals surface area contributed by atoms with Crippen LogP contribution in [0, 0.1) is 5.92 Å². The van der Waals surface area contributed by atoms with Gasteiger partial charge < -0.3 is 9.47 Å². The predicted octanol–water partition coefficient (Wildman–Crippen LogP) is 16.9. The number of hydrogen-bond acceptors (Lipinski definition) is 4. The molecule has 0 rings (SSSR count). The molecule has 320 valence electrons. The van der Waals surface area contributed by atoms with Crippen molar-refractivity contribution in [1.82, 2.24) is 0 Å². The minimum atomic E-state index is -0.369. The van der Waals surface area contributed by atoms with Crippen molar-refractivity contribution >= 4 is 11.9 Å². The SMILES string of the molecule is CCCCCCCCCCC/C=C/CCCCCCCC(CC(=O)OCCCCCCCCCCCCC)C(=O)OCCCCCCCCCCCCC. The van der Waals surface area contributed by atoms with E-state index in [1.165, 1.54) is 205 Å². The van der Waals surface area contributed by atoms with E-state index in [4.69, 9.17) is 9.47 Å². The third kappa shape index (κ3) is 41.8. The summed E-state index contributed by atoms with van der Waals surface area (Å²) in [5, 5.41) is 0. The van der Waals surface area contributed by atoms with E-state index in [9.17, 15) is 9.59 Å². The highest BCUT2D eigenvalue weighted by molar-refractivity contribution is 5.79. The third-order valence-electron chi connectivity index (χ3n) is 11.3. The van der Waals surface area contributed by atoms with Crippen molar-refractivity contribution in [3.05, 3.63) is 12.2 Å². The normalized spacial score (nSPS) is 12.1. The number of ether oxygens (including phenoxy) is 2. The van der Waals surface area contributed by atoms with Crippen LogP contribution in [0.4, 0.5) is 0 Å². The molecular formula is C50H96O4. The molecule has 4 nitrogen and oxygen atoms in total. The molecular weight excluding hydrogens is 665 g/mol. The predicted molar refractivity (Wildman–Crippen MR) is 236 cm³/mol. The van der Waals surface area contributed by atoms with Gasteiger partial charge in [0.05, 0.1) is 25.6 Å². The second kappa shape index (κ2) is 46.1. The Hall–Kier alpha value is -1.32. The maximum absolute atomic E-state index is 13.1. The second-order valence-electron chi connectivity index (χ2n) is 16.8. The summed E-state index contributed by atoms with van der Waals surface area (Å²) < 4.78 is 11.3. The van der Waals surface area contributed by atoms with E-state index < -0.39 is 0 Å². The van der Waals surface area contributed by atoms with Gasteiger partial charge in [0.25, 0.3) is 0 Å². The maximum atomic E-state index is 13.1. The van der Waals surface area contributed by atoms with Crippen molar-refractivity contribution in [2.75, 3.05) is 13.2 Å². The van der Waals surface area contributed by atoms with E-state index in [0.29, 0.717) is 13.2 Å². The molecule has 0 saturated carbocycles. The number of esters is 2. The minimum absolute atomic E-state index is 0.166. The van der Waals surface area contributed by atoms with Crippen LogP contribution in [-0.2, 0) is 19.1 Å². The zero-order valence-corrected chi connectivity index (χ0v) is 37.1. The first kappa shape index (κ1) is 52.7. The second-order valence-corrected chi connectivity index (χ2v) is 16.8. The van der Waals surface area contributed by atoms with E-state index in [-0.39, 0.29) is 24.3 Å². The molecule has 0 fully saturated rings. The van der Waals surface area contributed by atoms with E-state index in [1.807, 2.05) is 0 Å². The molecule has 1 atom stereocenters. The summed E-state index contributed by atoms with van der Waals surface area (Å²) in [6, 6.07) is 0. The number of hydrogen-bond donors (Lipinski definition) is 0. The monoisotopic (exact) mass is 761 g/mol. The molecule has 0 N–H and O–H groups in total. The summed E-state index contributed by atoms with van der Waals surface area (Å²) in [5.74, 6) is -0.787. The first-order valence-corrected chi connectivity index (χ1v) is 24.6. The van der Waals surface area contributed by atoms with Crippen molar-refractivity contribution in [2.45, 2.75) is 278 Å². The van der Waals surface area contributed by atoms with Crippen molar-refractivity contribution in [2.24, 2.45) is 5.92 Å². The lowest BCUT2D eigenvalue weighted by molar-refractivity contribution is -0.155. The largest absolute Gasteiger partial charge is 0.466 e. The van der Waals surface area contributed by atoms with Gasteiger partial charge in [-0.3, -0.25) is 9.59 Å². The lowest BCUT2D eigenvalue weighted by Crippen LogP contribution is -2.23. The molecule has 4 heteroatoms. The van der Waals surface area contributed by atoms with Crippen molar-refractivity contribution < 1.29 is 19.1 Å². The van der Waals surface area contributed by atoms with Gasteiger partial charge in [-0.15, -0.1) is 0 Å². The first-order chi connectivity index (χ1) is 26.7. The fourth-order valence-electron chi connectivity index (χ4n) is 7.56. The number of unbranched alkanes of at least 4 members (excludes halogenated alkanes) is 34. The lowest BCUT2D eigenvalue weighted by atomic mass is 9.97. The molecule has 0 aliphatic heterocycles. The van der Waals surface area contributed by atoms with Crippen LogP contribution in [-0.4, -0.2) is 25.2 Å². The number of carbonyl (C=O) groups is 2. The molecule has 0 aromatic carbocycles. The van der Waals surface area contributed by atoms with Crippen LogP contribution in [0.5, 0.6) is 0 Å². The fraction of sp³-hybridized carbons (Fsp3) is 0.920. The van der Waals surface area contributed by atoms with Crippen molar-refractivity contribution in [1.29, 1.82) is 0 Å². The van der Waals surface area contributed by atoms with Gasteiger partial charge in [-0.2, -0.15) is 0 Å². The summed E-state index contributed by atoms with van der Waals surface area (Å²) >= 11 is 0. The van der Waals surface area contributed by atoms with Gasteiger partial charge in [-0.05, 0) is 44.9 Å². The van der Waals surface area contributed by atoms with Crippen LogP contribution in [0.25, 0.3) is 0 Å². The van der Waals surface area contributed by atoms with Crippen LogP contribution < -0.4 is 0 Å². The Morgan fingerprint density at radius 3 is 1.04 bits per heavy atom. The highest BCUT2D eigenvalue weighted by Gasteiger charge is 2.24. The molecule has 0 aromatic rings. The molecule has 0 heterocycles. The van der Waals surface area contributed by atoms with Crippen LogP contribution in [0.3, 0.4) is 0 Å². The van der Waals surface area contributed by atoms with Crippen LogP contribution in [0.2, 0.25) is 0 Å². The Labute approximate surface area is 338 Å². The number of carbonyl (C=O) groups excluding carboxylic acids is 2. The summed E-state index contributed by atoms with van der Waals surface area (Å²) in [6.07, 6.45) is 54.4. The molecule has 54 heavy (non-hydrogen) atoms. The first-order valence-electron chi connectivity index (χ1n) is 24.6. The van der Waals surface area contributed by atoms with Gasteiger partial charge in [0, 0.05) is 0 Å². The van der Waals surface area contributed by atoms with Crippen LogP contribution >= 0.6 is 0 Å². The standard InChI is InChI=1S/C50H96O4/c1-4-7-10-13-16-19-22-23-24-25-26-27-28-29-32-35-38-41-44-48(50(52)54-46-43-40-37-34-31-21-18-15-12-9-6-3)47-49(51)53-45-42-39-36-33-30-20-17-14-11-8-5-2/h26-27,48H,4-25,28-47H2,1-3H3/b27-26+. The van der Waals surface area contributed by atoms with Gasteiger partial charge in [0.1, 0.15) is 0 Å². The molecule has 0 saturated heterocycles. The zero-order chi connectivity index (χ0) is 39.3. The number of allylic oxidation sites excluding steroid dienone is 2. The average molecular weight is 761 g/mol. The molecule has 1 unspecified atom stereocenters. The highest BCUT2D eigenvalue weighted by atomic mass is 16.5. The Morgan fingerprint density at radius 1 is 0.370 bits per heavy atom. The Bertz CT molecular complexity index is 777. The van der Waals surface area contributed by atoms with Crippen LogP contribution in [0.15, 0.2) is 12.2 Å².